The summed E-state index contributed by atoms with van der Waals surface area (Å²) in [6.07, 6.45) is 1.88. The van der Waals surface area contributed by atoms with Crippen LogP contribution in [-0.2, 0) is 0 Å². The molecule has 1 saturated heterocycles. The highest BCUT2D eigenvalue weighted by Gasteiger charge is 2.27. The van der Waals surface area contributed by atoms with E-state index in [2.05, 4.69) is 93.0 Å². The highest BCUT2D eigenvalue weighted by atomic mass is 32.1. The molecule has 0 bridgehead atoms. The van der Waals surface area contributed by atoms with E-state index in [1.807, 2.05) is 12.3 Å². The van der Waals surface area contributed by atoms with Crippen LogP contribution < -0.4 is 4.90 Å². The van der Waals surface area contributed by atoms with E-state index in [1.165, 1.54) is 16.0 Å². The maximum absolute atomic E-state index is 4.83. The zero-order chi connectivity index (χ0) is 20.2. The number of thiophene rings is 1. The quantitative estimate of drug-likeness (QED) is 0.456. The molecule has 2 aromatic carbocycles. The second kappa shape index (κ2) is 8.78. The van der Waals surface area contributed by atoms with Gasteiger partial charge in [0.2, 0.25) is 5.95 Å². The SMILES string of the molecule is c1ccc(C(c2ccccc2)N2CCN(c3nccc(-c4cccs4)n3)CC2)cc1. The molecule has 3 heterocycles. The Labute approximate surface area is 181 Å². The fourth-order valence-electron chi connectivity index (χ4n) is 4.13. The van der Waals surface area contributed by atoms with Gasteiger partial charge in [0.25, 0.3) is 0 Å². The highest BCUT2D eigenvalue weighted by Crippen LogP contribution is 2.30. The minimum atomic E-state index is 0.271. The summed E-state index contributed by atoms with van der Waals surface area (Å²) in [6.45, 7) is 3.79. The Kier molecular flexibility index (Phi) is 5.55. The number of nitrogens with zero attached hydrogens (tertiary/aromatic N) is 4. The van der Waals surface area contributed by atoms with Crippen LogP contribution in [0.4, 0.5) is 5.95 Å². The molecule has 0 unspecified atom stereocenters. The van der Waals surface area contributed by atoms with E-state index in [4.69, 9.17) is 4.98 Å². The van der Waals surface area contributed by atoms with E-state index in [1.54, 1.807) is 11.3 Å². The van der Waals surface area contributed by atoms with Gasteiger partial charge in [-0.3, -0.25) is 4.90 Å². The molecule has 0 radical (unpaired) electrons. The Bertz CT molecular complexity index is 1020. The topological polar surface area (TPSA) is 32.3 Å². The van der Waals surface area contributed by atoms with Crippen LogP contribution in [0.25, 0.3) is 10.6 Å². The van der Waals surface area contributed by atoms with Crippen LogP contribution in [0.1, 0.15) is 17.2 Å². The van der Waals surface area contributed by atoms with Crippen LogP contribution in [0.5, 0.6) is 0 Å². The summed E-state index contributed by atoms with van der Waals surface area (Å²) in [5, 5.41) is 2.09. The van der Waals surface area contributed by atoms with Crippen LogP contribution in [0.2, 0.25) is 0 Å². The predicted molar refractivity (Wildman–Crippen MR) is 124 cm³/mol. The van der Waals surface area contributed by atoms with Crippen molar-refractivity contribution in [2.24, 2.45) is 0 Å². The predicted octanol–water partition coefficient (Wildman–Crippen LogP) is 5.12. The molecule has 0 spiro atoms. The van der Waals surface area contributed by atoms with Crippen molar-refractivity contribution < 1.29 is 0 Å². The van der Waals surface area contributed by atoms with Crippen LogP contribution >= 0.6 is 11.3 Å². The van der Waals surface area contributed by atoms with Crippen molar-refractivity contribution in [1.82, 2.24) is 14.9 Å². The normalized spacial score (nSPS) is 14.9. The van der Waals surface area contributed by atoms with Gasteiger partial charge < -0.3 is 4.90 Å². The Morgan fingerprint density at radius 2 is 1.40 bits per heavy atom. The summed E-state index contributed by atoms with van der Waals surface area (Å²) in [4.78, 5) is 15.5. The first-order chi connectivity index (χ1) is 14.9. The standard InChI is InChI=1S/C25H24N4S/c1-3-8-20(9-4-1)24(21-10-5-2-6-11-21)28-15-17-29(18-16-28)25-26-14-13-22(27-25)23-12-7-19-30-23/h1-14,19,24H,15-18H2. The minimum absolute atomic E-state index is 0.271. The fourth-order valence-corrected chi connectivity index (χ4v) is 4.82. The monoisotopic (exact) mass is 412 g/mol. The van der Waals surface area contributed by atoms with E-state index in [0.717, 1.165) is 37.8 Å². The summed E-state index contributed by atoms with van der Waals surface area (Å²) in [7, 11) is 0. The molecule has 4 aromatic rings. The highest BCUT2D eigenvalue weighted by molar-refractivity contribution is 7.13. The first kappa shape index (κ1) is 19.0. The number of aromatic nitrogens is 2. The molecular formula is C25H24N4S. The van der Waals surface area contributed by atoms with Gasteiger partial charge in [-0.2, -0.15) is 0 Å². The molecule has 2 aromatic heterocycles. The molecule has 5 heteroatoms. The number of anilines is 1. The lowest BCUT2D eigenvalue weighted by atomic mass is 9.96. The average Bonchev–Trinajstić information content (AvgIpc) is 3.37. The first-order valence-corrected chi connectivity index (χ1v) is 11.2. The fraction of sp³-hybridized carbons (Fsp3) is 0.200. The van der Waals surface area contributed by atoms with Gasteiger partial charge >= 0.3 is 0 Å². The molecule has 0 atom stereocenters. The average molecular weight is 413 g/mol. The van der Waals surface area contributed by atoms with Gasteiger partial charge in [0.15, 0.2) is 0 Å². The lowest BCUT2D eigenvalue weighted by Gasteiger charge is -2.39. The smallest absolute Gasteiger partial charge is 0.225 e. The van der Waals surface area contributed by atoms with E-state index in [-0.39, 0.29) is 6.04 Å². The Morgan fingerprint density at radius 3 is 2.00 bits per heavy atom. The molecule has 5 rings (SSSR count). The number of rotatable bonds is 5. The van der Waals surface area contributed by atoms with Gasteiger partial charge in [-0.25, -0.2) is 9.97 Å². The van der Waals surface area contributed by atoms with Gasteiger partial charge in [0, 0.05) is 32.4 Å². The largest absolute Gasteiger partial charge is 0.338 e. The van der Waals surface area contributed by atoms with Gasteiger partial charge in [-0.1, -0.05) is 66.7 Å². The Balaban J connectivity index is 1.35. The third-order valence-electron chi connectivity index (χ3n) is 5.61. The second-order valence-electron chi connectivity index (χ2n) is 7.47. The Hall–Kier alpha value is -3.02. The van der Waals surface area contributed by atoms with Crippen molar-refractivity contribution in [2.75, 3.05) is 31.1 Å². The summed E-state index contributed by atoms with van der Waals surface area (Å²) < 4.78 is 0. The second-order valence-corrected chi connectivity index (χ2v) is 8.41. The molecule has 0 N–H and O–H groups in total. The number of hydrogen-bond acceptors (Lipinski definition) is 5. The maximum Gasteiger partial charge on any atom is 0.225 e. The zero-order valence-electron chi connectivity index (χ0n) is 16.8. The molecule has 30 heavy (non-hydrogen) atoms. The number of piperazine rings is 1. The third-order valence-corrected chi connectivity index (χ3v) is 6.50. The van der Waals surface area contributed by atoms with Gasteiger partial charge in [0.1, 0.15) is 0 Å². The molecule has 150 valence electrons. The van der Waals surface area contributed by atoms with Crippen LogP contribution in [0.3, 0.4) is 0 Å². The first-order valence-electron chi connectivity index (χ1n) is 10.3. The Morgan fingerprint density at radius 1 is 0.733 bits per heavy atom. The van der Waals surface area contributed by atoms with E-state index in [0.29, 0.717) is 0 Å². The minimum Gasteiger partial charge on any atom is -0.338 e. The van der Waals surface area contributed by atoms with Gasteiger partial charge in [-0.15, -0.1) is 11.3 Å². The van der Waals surface area contributed by atoms with Gasteiger partial charge in [-0.05, 0) is 28.6 Å². The van der Waals surface area contributed by atoms with Crippen molar-refractivity contribution >= 4 is 17.3 Å². The maximum atomic E-state index is 4.83. The van der Waals surface area contributed by atoms with Crippen molar-refractivity contribution in [3.05, 3.63) is 102 Å². The molecule has 1 fully saturated rings. The zero-order valence-corrected chi connectivity index (χ0v) is 17.6. The van der Waals surface area contributed by atoms with E-state index >= 15 is 0 Å². The molecule has 4 nitrogen and oxygen atoms in total. The number of benzene rings is 2. The van der Waals surface area contributed by atoms with Crippen molar-refractivity contribution in [2.45, 2.75) is 6.04 Å². The molecular weight excluding hydrogens is 388 g/mol. The lowest BCUT2D eigenvalue weighted by Crippen LogP contribution is -2.48. The summed E-state index contributed by atoms with van der Waals surface area (Å²) in [5.74, 6) is 0.830. The summed E-state index contributed by atoms with van der Waals surface area (Å²) in [5.41, 5.74) is 3.69. The lowest BCUT2D eigenvalue weighted by molar-refractivity contribution is 0.211. The van der Waals surface area contributed by atoms with Crippen LogP contribution in [0.15, 0.2) is 90.4 Å². The molecule has 0 aliphatic carbocycles. The van der Waals surface area contributed by atoms with Gasteiger partial charge in [0.05, 0.1) is 16.6 Å². The van der Waals surface area contributed by atoms with Crippen LogP contribution in [-0.4, -0.2) is 41.0 Å². The summed E-state index contributed by atoms with van der Waals surface area (Å²) >= 11 is 1.71. The van der Waals surface area contributed by atoms with E-state index in [9.17, 15) is 0 Å². The van der Waals surface area contributed by atoms with Crippen molar-refractivity contribution in [3.8, 4) is 10.6 Å². The summed E-state index contributed by atoms with van der Waals surface area (Å²) in [6, 6.07) is 28.1. The van der Waals surface area contributed by atoms with E-state index < -0.39 is 0 Å². The van der Waals surface area contributed by atoms with Crippen molar-refractivity contribution in [1.29, 1.82) is 0 Å². The van der Waals surface area contributed by atoms with Crippen LogP contribution in [0, 0.1) is 0 Å². The molecule has 0 saturated carbocycles. The molecule has 1 aliphatic heterocycles. The third kappa shape index (κ3) is 3.99. The van der Waals surface area contributed by atoms with Crippen molar-refractivity contribution in [3.63, 3.8) is 0 Å². The molecule has 0 amide bonds. The molecule has 1 aliphatic rings. The number of hydrogen-bond donors (Lipinski definition) is 0.